The van der Waals surface area contributed by atoms with Crippen LogP contribution in [-0.4, -0.2) is 33.8 Å². The van der Waals surface area contributed by atoms with Crippen molar-refractivity contribution in [2.45, 2.75) is 140 Å². The van der Waals surface area contributed by atoms with Gasteiger partial charge in [0.1, 0.15) is 0 Å². The lowest BCUT2D eigenvalue weighted by Gasteiger charge is -2.10. The van der Waals surface area contributed by atoms with Gasteiger partial charge >= 0.3 is 11.9 Å². The van der Waals surface area contributed by atoms with Crippen molar-refractivity contribution in [1.29, 1.82) is 0 Å². The summed E-state index contributed by atoms with van der Waals surface area (Å²) in [6.07, 6.45) is 22.3. The molecule has 3 N–H and O–H groups in total. The molecule has 0 aliphatic rings. The van der Waals surface area contributed by atoms with E-state index >= 15 is 0 Å². The van der Waals surface area contributed by atoms with E-state index in [1.807, 2.05) is 24.3 Å². The fraction of sp³-hybridized carbons (Fsp3) is 0.710. The van der Waals surface area contributed by atoms with Gasteiger partial charge in [-0.05, 0) is 37.1 Å². The average Bonchev–Trinajstić information content (AvgIpc) is 2.88. The summed E-state index contributed by atoms with van der Waals surface area (Å²) in [6, 6.07) is 7.73. The molecule has 216 valence electrons. The molecular weight excluding hydrogens is 498 g/mol. The molecule has 0 bridgehead atoms. The molecule has 0 fully saturated rings. The van der Waals surface area contributed by atoms with Gasteiger partial charge in [0.05, 0.1) is 5.69 Å². The first-order chi connectivity index (χ1) is 18.5. The van der Waals surface area contributed by atoms with E-state index in [2.05, 4.69) is 5.32 Å². The Morgan fingerprint density at radius 1 is 0.553 bits per heavy atom. The van der Waals surface area contributed by atoms with Gasteiger partial charge < -0.3 is 15.5 Å². The Labute approximate surface area is 234 Å². The monoisotopic (exact) mass is 549 g/mol. The SMILES string of the molecule is O=C(O)CCCCCCCCCCCCCCCCCCCC(=O)Nc1ccccc1SCCCC(=O)O. The molecule has 0 spiro atoms. The van der Waals surface area contributed by atoms with Gasteiger partial charge in [-0.1, -0.05) is 108 Å². The smallest absolute Gasteiger partial charge is 0.303 e. The van der Waals surface area contributed by atoms with E-state index in [4.69, 9.17) is 10.2 Å². The van der Waals surface area contributed by atoms with Crippen molar-refractivity contribution < 1.29 is 24.6 Å². The molecule has 7 heteroatoms. The summed E-state index contributed by atoms with van der Waals surface area (Å²) in [4.78, 5) is 34.5. The molecule has 6 nitrogen and oxygen atoms in total. The van der Waals surface area contributed by atoms with Gasteiger partial charge in [0.15, 0.2) is 0 Å². The number of thioether (sulfide) groups is 1. The number of hydrogen-bond acceptors (Lipinski definition) is 4. The lowest BCUT2D eigenvalue weighted by molar-refractivity contribution is -0.138. The summed E-state index contributed by atoms with van der Waals surface area (Å²) in [5.41, 5.74) is 0.822. The van der Waals surface area contributed by atoms with E-state index in [1.54, 1.807) is 11.8 Å². The van der Waals surface area contributed by atoms with Crippen LogP contribution in [0.3, 0.4) is 0 Å². The standard InChI is InChI=1S/C31H51NO5S/c33-29(32-27-21-18-19-22-28(27)38-26-20-25-31(36)37)23-16-14-12-10-8-6-4-2-1-3-5-7-9-11-13-15-17-24-30(34)35/h18-19,21-22H,1-17,20,23-26H2,(H,32,33)(H,34,35)(H,36,37). The third-order valence-electron chi connectivity index (χ3n) is 6.75. The van der Waals surface area contributed by atoms with Gasteiger partial charge in [0.2, 0.25) is 5.91 Å². The number of amides is 1. The van der Waals surface area contributed by atoms with Gasteiger partial charge in [0, 0.05) is 24.2 Å². The Morgan fingerprint density at radius 2 is 0.947 bits per heavy atom. The average molecular weight is 550 g/mol. The third kappa shape index (κ3) is 21.0. The van der Waals surface area contributed by atoms with Crippen molar-refractivity contribution in [2.24, 2.45) is 0 Å². The van der Waals surface area contributed by atoms with Crippen LogP contribution in [0.2, 0.25) is 0 Å². The summed E-state index contributed by atoms with van der Waals surface area (Å²) < 4.78 is 0. The number of para-hydroxylation sites is 1. The molecule has 1 aromatic rings. The predicted octanol–water partition coefficient (Wildman–Crippen LogP) is 9.08. The number of benzene rings is 1. The minimum Gasteiger partial charge on any atom is -0.481 e. The van der Waals surface area contributed by atoms with E-state index in [9.17, 15) is 14.4 Å². The Kier molecular flexibility index (Phi) is 21.5. The number of rotatable bonds is 26. The van der Waals surface area contributed by atoms with Gasteiger partial charge in [-0.3, -0.25) is 14.4 Å². The summed E-state index contributed by atoms with van der Waals surface area (Å²) in [5.74, 6) is -0.672. The predicted molar refractivity (Wildman–Crippen MR) is 158 cm³/mol. The van der Waals surface area contributed by atoms with Gasteiger partial charge in [0.25, 0.3) is 0 Å². The highest BCUT2D eigenvalue weighted by atomic mass is 32.2. The molecule has 0 saturated heterocycles. The minimum absolute atomic E-state index is 0.0549. The Morgan fingerprint density at radius 3 is 1.42 bits per heavy atom. The zero-order valence-electron chi connectivity index (χ0n) is 23.4. The van der Waals surface area contributed by atoms with E-state index < -0.39 is 11.9 Å². The zero-order valence-corrected chi connectivity index (χ0v) is 24.2. The summed E-state index contributed by atoms with van der Waals surface area (Å²) >= 11 is 1.59. The van der Waals surface area contributed by atoms with Gasteiger partial charge in [-0.15, -0.1) is 11.8 Å². The number of anilines is 1. The molecule has 0 heterocycles. The van der Waals surface area contributed by atoms with Crippen molar-refractivity contribution in [3.05, 3.63) is 24.3 Å². The molecule has 1 rings (SSSR count). The first-order valence-corrected chi connectivity index (χ1v) is 15.9. The van der Waals surface area contributed by atoms with Gasteiger partial charge in [-0.25, -0.2) is 0 Å². The summed E-state index contributed by atoms with van der Waals surface area (Å²) in [7, 11) is 0. The Hall–Kier alpha value is -2.02. The molecule has 0 aliphatic carbocycles. The zero-order chi connectivity index (χ0) is 27.7. The van der Waals surface area contributed by atoms with Crippen LogP contribution in [0.25, 0.3) is 0 Å². The molecule has 1 amide bonds. The van der Waals surface area contributed by atoms with Crippen LogP contribution in [0.5, 0.6) is 0 Å². The highest BCUT2D eigenvalue weighted by molar-refractivity contribution is 7.99. The normalized spacial score (nSPS) is 10.9. The van der Waals surface area contributed by atoms with Crippen LogP contribution in [-0.2, 0) is 14.4 Å². The molecule has 1 aromatic carbocycles. The van der Waals surface area contributed by atoms with Crippen LogP contribution in [0, 0.1) is 0 Å². The van der Waals surface area contributed by atoms with Gasteiger partial charge in [-0.2, -0.15) is 0 Å². The molecule has 0 radical (unpaired) electrons. The van der Waals surface area contributed by atoms with E-state index in [0.29, 0.717) is 19.3 Å². The van der Waals surface area contributed by atoms with Crippen LogP contribution in [0.1, 0.15) is 135 Å². The highest BCUT2D eigenvalue weighted by Crippen LogP contribution is 2.28. The molecule has 0 aliphatic heterocycles. The quantitative estimate of drug-likeness (QED) is 0.0786. The van der Waals surface area contributed by atoms with Crippen LogP contribution >= 0.6 is 11.8 Å². The minimum atomic E-state index is -0.773. The van der Waals surface area contributed by atoms with E-state index in [1.165, 1.54) is 83.5 Å². The van der Waals surface area contributed by atoms with Crippen LogP contribution in [0.15, 0.2) is 29.2 Å². The summed E-state index contributed by atoms with van der Waals surface area (Å²) in [6.45, 7) is 0. The lowest BCUT2D eigenvalue weighted by Crippen LogP contribution is -2.11. The largest absolute Gasteiger partial charge is 0.481 e. The number of unbranched alkanes of at least 4 members (excludes halogenated alkanes) is 16. The lowest BCUT2D eigenvalue weighted by atomic mass is 10.0. The number of hydrogen-bond donors (Lipinski definition) is 3. The maximum Gasteiger partial charge on any atom is 0.303 e. The Bertz CT molecular complexity index is 770. The van der Waals surface area contributed by atoms with E-state index in [-0.39, 0.29) is 12.3 Å². The van der Waals surface area contributed by atoms with Crippen molar-refractivity contribution >= 4 is 35.3 Å². The first-order valence-electron chi connectivity index (χ1n) is 14.9. The first kappa shape index (κ1) is 34.0. The highest BCUT2D eigenvalue weighted by Gasteiger charge is 2.08. The second kappa shape index (κ2) is 24.1. The molecule has 0 atom stereocenters. The number of carboxylic acids is 2. The van der Waals surface area contributed by atoms with E-state index in [0.717, 1.165) is 42.0 Å². The maximum absolute atomic E-state index is 12.4. The fourth-order valence-electron chi connectivity index (χ4n) is 4.53. The topological polar surface area (TPSA) is 104 Å². The van der Waals surface area contributed by atoms with Crippen molar-refractivity contribution in [1.82, 2.24) is 0 Å². The van der Waals surface area contributed by atoms with Crippen molar-refractivity contribution in [3.63, 3.8) is 0 Å². The second-order valence-electron chi connectivity index (χ2n) is 10.3. The second-order valence-corrected chi connectivity index (χ2v) is 11.4. The fourth-order valence-corrected chi connectivity index (χ4v) is 5.49. The molecule has 0 unspecified atom stereocenters. The Balaban J connectivity index is 1.90. The molecule has 0 saturated carbocycles. The number of carboxylic acid groups (broad SMARTS) is 2. The van der Waals surface area contributed by atoms with Crippen LogP contribution < -0.4 is 5.32 Å². The summed E-state index contributed by atoms with van der Waals surface area (Å²) in [5, 5.41) is 20.4. The maximum atomic E-state index is 12.4. The van der Waals surface area contributed by atoms with Crippen molar-refractivity contribution in [2.75, 3.05) is 11.1 Å². The van der Waals surface area contributed by atoms with Crippen molar-refractivity contribution in [3.8, 4) is 0 Å². The molecule has 0 aromatic heterocycles. The molecular formula is C31H51NO5S. The number of carbonyl (C=O) groups is 3. The number of nitrogens with one attached hydrogen (secondary N) is 1. The van der Waals surface area contributed by atoms with Crippen LogP contribution in [0.4, 0.5) is 5.69 Å². The molecule has 38 heavy (non-hydrogen) atoms. The third-order valence-corrected chi connectivity index (χ3v) is 7.91. The number of carbonyl (C=O) groups excluding carboxylic acids is 1. The number of aliphatic carboxylic acids is 2.